The van der Waals surface area contributed by atoms with Gasteiger partial charge in [-0.2, -0.15) is 0 Å². The number of nitrogens with one attached hydrogen (secondary N) is 1. The van der Waals surface area contributed by atoms with Crippen molar-refractivity contribution in [3.05, 3.63) is 30.1 Å². The molecule has 2 atom stereocenters. The number of carbonyl (C=O) groups excluding carboxylic acids is 2. The molecule has 3 rings (SSSR count). The van der Waals surface area contributed by atoms with Crippen molar-refractivity contribution in [2.45, 2.75) is 31.5 Å². The molecule has 1 aromatic rings. The van der Waals surface area contributed by atoms with Crippen LogP contribution in [-0.2, 0) is 14.3 Å². The highest BCUT2D eigenvalue weighted by molar-refractivity contribution is 5.93. The van der Waals surface area contributed by atoms with Gasteiger partial charge < -0.3 is 19.7 Å². The first kappa shape index (κ1) is 16.9. The fourth-order valence-electron chi connectivity index (χ4n) is 3.24. The maximum atomic E-state index is 12.1. The van der Waals surface area contributed by atoms with Crippen molar-refractivity contribution in [2.75, 3.05) is 32.8 Å². The minimum absolute atomic E-state index is 0.0387. The Morgan fingerprint density at radius 3 is 3.12 bits per heavy atom. The van der Waals surface area contributed by atoms with Crippen LogP contribution in [0.4, 0.5) is 0 Å². The second-order valence-electron chi connectivity index (χ2n) is 6.41. The summed E-state index contributed by atoms with van der Waals surface area (Å²) in [7, 11) is 0. The molecule has 0 aliphatic carbocycles. The second kappa shape index (κ2) is 7.27. The first-order valence-corrected chi connectivity index (χ1v) is 8.27. The van der Waals surface area contributed by atoms with E-state index in [2.05, 4.69) is 10.3 Å². The molecule has 2 aliphatic rings. The number of ether oxygens (including phenoxy) is 2. The summed E-state index contributed by atoms with van der Waals surface area (Å²) < 4.78 is 11.8. The molecule has 7 heteroatoms. The van der Waals surface area contributed by atoms with Crippen LogP contribution in [0.1, 0.15) is 30.1 Å². The maximum Gasteiger partial charge on any atom is 0.252 e. The molecular formula is C17H23N3O4. The van der Waals surface area contributed by atoms with Crippen LogP contribution in [0.3, 0.4) is 0 Å². The highest BCUT2D eigenvalue weighted by Gasteiger charge is 2.43. The number of aromatic nitrogens is 1. The van der Waals surface area contributed by atoms with Crippen LogP contribution in [0.15, 0.2) is 24.5 Å². The lowest BCUT2D eigenvalue weighted by molar-refractivity contribution is -0.133. The molecule has 2 unspecified atom stereocenters. The largest absolute Gasteiger partial charge is 0.377 e. The molecule has 1 spiro atoms. The molecule has 1 aromatic heterocycles. The molecule has 2 saturated heterocycles. The number of carbonyl (C=O) groups is 2. The van der Waals surface area contributed by atoms with Gasteiger partial charge in [0.05, 0.1) is 31.4 Å². The first-order valence-electron chi connectivity index (χ1n) is 8.27. The fourth-order valence-corrected chi connectivity index (χ4v) is 3.24. The van der Waals surface area contributed by atoms with E-state index in [1.807, 2.05) is 0 Å². The van der Waals surface area contributed by atoms with Gasteiger partial charge in [0.1, 0.15) is 5.60 Å². The molecule has 7 nitrogen and oxygen atoms in total. The number of amides is 2. The molecule has 0 saturated carbocycles. The Bertz CT molecular complexity index is 595. The van der Waals surface area contributed by atoms with Crippen molar-refractivity contribution in [1.82, 2.24) is 15.2 Å². The molecule has 130 valence electrons. The van der Waals surface area contributed by atoms with Crippen molar-refractivity contribution in [3.8, 4) is 0 Å². The number of pyridine rings is 1. The van der Waals surface area contributed by atoms with Gasteiger partial charge in [0.25, 0.3) is 5.91 Å². The Morgan fingerprint density at radius 2 is 2.38 bits per heavy atom. The molecule has 0 aromatic carbocycles. The van der Waals surface area contributed by atoms with E-state index in [9.17, 15) is 9.59 Å². The Balaban J connectivity index is 1.55. The van der Waals surface area contributed by atoms with Gasteiger partial charge in [0.2, 0.25) is 5.91 Å². The van der Waals surface area contributed by atoms with Gasteiger partial charge in [-0.3, -0.25) is 14.6 Å². The summed E-state index contributed by atoms with van der Waals surface area (Å²) in [5.74, 6) is -0.119. The third kappa shape index (κ3) is 3.91. The van der Waals surface area contributed by atoms with Crippen LogP contribution < -0.4 is 5.32 Å². The number of nitrogens with zero attached hydrogens (tertiary/aromatic N) is 2. The van der Waals surface area contributed by atoms with E-state index in [4.69, 9.17) is 9.47 Å². The maximum absolute atomic E-state index is 12.1. The molecular weight excluding hydrogens is 310 g/mol. The minimum atomic E-state index is -0.453. The van der Waals surface area contributed by atoms with Crippen LogP contribution in [0.25, 0.3) is 0 Å². The first-order chi connectivity index (χ1) is 11.6. The minimum Gasteiger partial charge on any atom is -0.377 e. The van der Waals surface area contributed by atoms with Crippen molar-refractivity contribution < 1.29 is 19.1 Å². The monoisotopic (exact) mass is 333 g/mol. The summed E-state index contributed by atoms with van der Waals surface area (Å²) in [4.78, 5) is 29.5. The molecule has 0 radical (unpaired) electrons. The molecule has 3 heterocycles. The predicted octanol–water partition coefficient (Wildman–Crippen LogP) is 0.608. The number of rotatable bonds is 3. The van der Waals surface area contributed by atoms with E-state index in [0.29, 0.717) is 38.4 Å². The van der Waals surface area contributed by atoms with Crippen molar-refractivity contribution >= 4 is 11.8 Å². The van der Waals surface area contributed by atoms with E-state index in [1.54, 1.807) is 30.2 Å². The summed E-state index contributed by atoms with van der Waals surface area (Å²) in [5.41, 5.74) is 0.0806. The van der Waals surface area contributed by atoms with Crippen molar-refractivity contribution in [2.24, 2.45) is 0 Å². The summed E-state index contributed by atoms with van der Waals surface area (Å²) in [6.45, 7) is 4.18. The van der Waals surface area contributed by atoms with E-state index < -0.39 is 5.60 Å². The predicted molar refractivity (Wildman–Crippen MR) is 86.5 cm³/mol. The smallest absolute Gasteiger partial charge is 0.252 e. The standard InChI is InChI=1S/C17H23N3O4/c1-13(21)20-7-8-23-12-17(11-20)5-4-15(24-17)10-19-16(22)14-3-2-6-18-9-14/h2-3,6,9,15H,4-5,7-8,10-12H2,1H3,(H,19,22). The van der Waals surface area contributed by atoms with Crippen LogP contribution in [0.5, 0.6) is 0 Å². The summed E-state index contributed by atoms with van der Waals surface area (Å²) in [5, 5.41) is 2.89. The highest BCUT2D eigenvalue weighted by atomic mass is 16.6. The van der Waals surface area contributed by atoms with E-state index in [1.165, 1.54) is 6.20 Å². The third-order valence-electron chi connectivity index (χ3n) is 4.55. The van der Waals surface area contributed by atoms with Gasteiger partial charge >= 0.3 is 0 Å². The van der Waals surface area contributed by atoms with E-state index in [-0.39, 0.29) is 17.9 Å². The summed E-state index contributed by atoms with van der Waals surface area (Å²) in [6, 6.07) is 3.46. The van der Waals surface area contributed by atoms with E-state index in [0.717, 1.165) is 12.8 Å². The van der Waals surface area contributed by atoms with Gasteiger partial charge in [-0.05, 0) is 25.0 Å². The average Bonchev–Trinajstić information content (AvgIpc) is 2.86. The fraction of sp³-hybridized carbons (Fsp3) is 0.588. The Kier molecular flexibility index (Phi) is 5.11. The van der Waals surface area contributed by atoms with Gasteiger partial charge in [0.15, 0.2) is 0 Å². The molecule has 0 bridgehead atoms. The lowest BCUT2D eigenvalue weighted by Crippen LogP contribution is -2.46. The molecule has 2 amide bonds. The zero-order valence-corrected chi connectivity index (χ0v) is 13.9. The lowest BCUT2D eigenvalue weighted by Gasteiger charge is -2.31. The van der Waals surface area contributed by atoms with Crippen LogP contribution in [0, 0.1) is 0 Å². The van der Waals surface area contributed by atoms with Crippen molar-refractivity contribution in [3.63, 3.8) is 0 Å². The average molecular weight is 333 g/mol. The van der Waals surface area contributed by atoms with Gasteiger partial charge in [-0.15, -0.1) is 0 Å². The molecule has 24 heavy (non-hydrogen) atoms. The third-order valence-corrected chi connectivity index (χ3v) is 4.55. The molecule has 2 fully saturated rings. The van der Waals surface area contributed by atoms with Crippen LogP contribution in [-0.4, -0.2) is 66.3 Å². The Morgan fingerprint density at radius 1 is 1.50 bits per heavy atom. The zero-order valence-electron chi connectivity index (χ0n) is 13.9. The van der Waals surface area contributed by atoms with Gasteiger partial charge in [-0.25, -0.2) is 0 Å². The molecule has 2 aliphatic heterocycles. The van der Waals surface area contributed by atoms with Gasteiger partial charge in [0, 0.05) is 32.4 Å². The Labute approximate surface area is 141 Å². The zero-order chi connectivity index (χ0) is 17.0. The van der Waals surface area contributed by atoms with Crippen molar-refractivity contribution in [1.29, 1.82) is 0 Å². The van der Waals surface area contributed by atoms with Crippen LogP contribution in [0.2, 0.25) is 0 Å². The number of hydrogen-bond donors (Lipinski definition) is 1. The van der Waals surface area contributed by atoms with Gasteiger partial charge in [-0.1, -0.05) is 0 Å². The number of hydrogen-bond acceptors (Lipinski definition) is 5. The SMILES string of the molecule is CC(=O)N1CCOCC2(CCC(CNC(=O)c3cccnc3)O2)C1. The van der Waals surface area contributed by atoms with E-state index >= 15 is 0 Å². The Hall–Kier alpha value is -1.99. The van der Waals surface area contributed by atoms with Crippen LogP contribution >= 0.6 is 0 Å². The quantitative estimate of drug-likeness (QED) is 0.876. The normalized spacial score (nSPS) is 27.0. The highest BCUT2D eigenvalue weighted by Crippen LogP contribution is 2.32. The topological polar surface area (TPSA) is 80.8 Å². The lowest BCUT2D eigenvalue weighted by atomic mass is 10.00. The summed E-state index contributed by atoms with van der Waals surface area (Å²) >= 11 is 0. The summed E-state index contributed by atoms with van der Waals surface area (Å²) in [6.07, 6.45) is 4.76. The molecule has 1 N–H and O–H groups in total. The second-order valence-corrected chi connectivity index (χ2v) is 6.41.